The van der Waals surface area contributed by atoms with Gasteiger partial charge in [0.2, 0.25) is 0 Å². The van der Waals surface area contributed by atoms with Crippen molar-refractivity contribution in [2.24, 2.45) is 0 Å². The zero-order chi connectivity index (χ0) is 13.0. The Hall–Kier alpha value is -0.460. The molecule has 1 heterocycles. The highest BCUT2D eigenvalue weighted by atomic mass is 79.9. The number of hydrogen-bond donors (Lipinski definition) is 0. The third-order valence-electron chi connectivity index (χ3n) is 3.21. The fourth-order valence-corrected chi connectivity index (χ4v) is 2.73. The van der Waals surface area contributed by atoms with Gasteiger partial charge >= 0.3 is 0 Å². The normalized spacial score (nSPS) is 26.4. The quantitative estimate of drug-likeness (QED) is 0.794. The molecule has 0 amide bonds. The zero-order valence-corrected chi connectivity index (χ0v) is 12.3. The molecule has 0 saturated carbocycles. The van der Waals surface area contributed by atoms with Crippen molar-refractivity contribution >= 4 is 16.1 Å². The van der Waals surface area contributed by atoms with Crippen LogP contribution in [0.15, 0.2) is 30.3 Å². The lowest BCUT2D eigenvalue weighted by atomic mass is 10.2. The Bertz CT molecular complexity index is 363. The van der Waals surface area contributed by atoms with E-state index in [2.05, 4.69) is 45.3 Å². The standard InChI is InChI=1S/C13H19BrN2O2/c1-17-12-10-16(14)13(18-2)9-15(12)8-11-6-4-3-5-7-11/h3-7,12-13H,8-10H2,1-2H3. The number of piperazine rings is 1. The number of nitrogens with zero attached hydrogens (tertiary/aromatic N) is 2. The van der Waals surface area contributed by atoms with Crippen LogP contribution >= 0.6 is 16.1 Å². The topological polar surface area (TPSA) is 24.9 Å². The molecule has 1 fully saturated rings. The first-order valence-electron chi connectivity index (χ1n) is 6.00. The van der Waals surface area contributed by atoms with E-state index in [1.807, 2.05) is 9.99 Å². The molecule has 4 nitrogen and oxygen atoms in total. The van der Waals surface area contributed by atoms with E-state index in [1.165, 1.54) is 5.56 Å². The van der Waals surface area contributed by atoms with Crippen LogP contribution in [-0.2, 0) is 16.0 Å². The van der Waals surface area contributed by atoms with Crippen LogP contribution < -0.4 is 0 Å². The summed E-state index contributed by atoms with van der Waals surface area (Å²) >= 11 is 3.51. The van der Waals surface area contributed by atoms with Crippen molar-refractivity contribution in [3.63, 3.8) is 0 Å². The van der Waals surface area contributed by atoms with Gasteiger partial charge in [-0.05, 0) is 5.56 Å². The maximum Gasteiger partial charge on any atom is 0.132 e. The highest BCUT2D eigenvalue weighted by molar-refractivity contribution is 9.07. The molecule has 1 aromatic carbocycles. The molecule has 0 aliphatic carbocycles. The zero-order valence-electron chi connectivity index (χ0n) is 10.8. The smallest absolute Gasteiger partial charge is 0.132 e. The average Bonchev–Trinajstić information content (AvgIpc) is 2.41. The number of hydrogen-bond acceptors (Lipinski definition) is 4. The second-order valence-electron chi connectivity index (χ2n) is 4.38. The molecule has 1 aliphatic heterocycles. The molecule has 1 saturated heterocycles. The molecule has 0 N–H and O–H groups in total. The number of rotatable bonds is 4. The van der Waals surface area contributed by atoms with Crippen molar-refractivity contribution in [2.75, 3.05) is 27.3 Å². The van der Waals surface area contributed by atoms with Gasteiger partial charge in [-0.3, -0.25) is 4.90 Å². The summed E-state index contributed by atoms with van der Waals surface area (Å²) < 4.78 is 13.0. The lowest BCUT2D eigenvalue weighted by Gasteiger charge is -2.42. The van der Waals surface area contributed by atoms with Crippen LogP contribution in [0, 0.1) is 0 Å². The monoisotopic (exact) mass is 314 g/mol. The summed E-state index contributed by atoms with van der Waals surface area (Å²) in [6, 6.07) is 10.4. The summed E-state index contributed by atoms with van der Waals surface area (Å²) in [5.41, 5.74) is 1.29. The molecule has 0 aromatic heterocycles. The van der Waals surface area contributed by atoms with E-state index < -0.39 is 0 Å². The predicted molar refractivity (Wildman–Crippen MR) is 74.1 cm³/mol. The molecule has 18 heavy (non-hydrogen) atoms. The highest BCUT2D eigenvalue weighted by Gasteiger charge is 2.32. The summed E-state index contributed by atoms with van der Waals surface area (Å²) in [6.07, 6.45) is 0.135. The maximum atomic E-state index is 5.54. The summed E-state index contributed by atoms with van der Waals surface area (Å²) in [7, 11) is 3.48. The van der Waals surface area contributed by atoms with Crippen LogP contribution in [0.2, 0.25) is 0 Å². The van der Waals surface area contributed by atoms with Crippen molar-refractivity contribution in [1.29, 1.82) is 0 Å². The molecule has 0 bridgehead atoms. The Kier molecular flexibility index (Phi) is 5.14. The average molecular weight is 315 g/mol. The second-order valence-corrected chi connectivity index (χ2v) is 5.29. The van der Waals surface area contributed by atoms with Crippen LogP contribution in [0.3, 0.4) is 0 Å². The Morgan fingerprint density at radius 1 is 1.11 bits per heavy atom. The van der Waals surface area contributed by atoms with Crippen molar-refractivity contribution < 1.29 is 9.47 Å². The van der Waals surface area contributed by atoms with Crippen LogP contribution in [-0.4, -0.2) is 48.6 Å². The van der Waals surface area contributed by atoms with Gasteiger partial charge in [-0.15, -0.1) is 0 Å². The first kappa shape index (κ1) is 14.0. The van der Waals surface area contributed by atoms with E-state index in [4.69, 9.17) is 9.47 Å². The van der Waals surface area contributed by atoms with Gasteiger partial charge in [0.05, 0.1) is 6.54 Å². The Morgan fingerprint density at radius 2 is 1.78 bits per heavy atom. The number of halogens is 1. The minimum atomic E-state index is 0.0557. The van der Waals surface area contributed by atoms with E-state index in [1.54, 1.807) is 14.2 Å². The summed E-state index contributed by atoms with van der Waals surface area (Å²) in [4.78, 5) is 2.29. The summed E-state index contributed by atoms with van der Waals surface area (Å²) in [5.74, 6) is 0. The minimum Gasteiger partial charge on any atom is -0.365 e. The molecule has 2 atom stereocenters. The summed E-state index contributed by atoms with van der Waals surface area (Å²) in [6.45, 7) is 2.47. The third-order valence-corrected chi connectivity index (χ3v) is 3.96. The molecule has 5 heteroatoms. The fraction of sp³-hybridized carbons (Fsp3) is 0.538. The van der Waals surface area contributed by atoms with Crippen molar-refractivity contribution in [2.45, 2.75) is 19.0 Å². The Morgan fingerprint density at radius 3 is 2.39 bits per heavy atom. The molecule has 1 aromatic rings. The molecular formula is C13H19BrN2O2. The van der Waals surface area contributed by atoms with Gasteiger partial charge in [0.15, 0.2) is 0 Å². The van der Waals surface area contributed by atoms with Crippen molar-refractivity contribution in [1.82, 2.24) is 8.83 Å². The predicted octanol–water partition coefficient (Wildman–Crippen LogP) is 2.06. The largest absolute Gasteiger partial charge is 0.365 e. The van der Waals surface area contributed by atoms with Gasteiger partial charge in [-0.2, -0.15) is 0 Å². The maximum absolute atomic E-state index is 5.54. The molecule has 1 aliphatic rings. The van der Waals surface area contributed by atoms with Gasteiger partial charge in [0, 0.05) is 43.5 Å². The molecule has 0 radical (unpaired) electrons. The second kappa shape index (κ2) is 6.63. The van der Waals surface area contributed by atoms with E-state index in [0.29, 0.717) is 0 Å². The first-order chi connectivity index (χ1) is 8.74. The molecule has 0 spiro atoms. The van der Waals surface area contributed by atoms with Gasteiger partial charge in [0.25, 0.3) is 0 Å². The lowest BCUT2D eigenvalue weighted by Crippen LogP contribution is -2.55. The van der Waals surface area contributed by atoms with Crippen molar-refractivity contribution in [3.8, 4) is 0 Å². The fourth-order valence-electron chi connectivity index (χ4n) is 2.19. The van der Waals surface area contributed by atoms with Gasteiger partial charge < -0.3 is 9.47 Å². The first-order valence-corrected chi connectivity index (χ1v) is 6.71. The molecule has 2 rings (SSSR count). The van der Waals surface area contributed by atoms with E-state index in [-0.39, 0.29) is 12.5 Å². The number of ether oxygens (including phenoxy) is 2. The van der Waals surface area contributed by atoms with Crippen molar-refractivity contribution in [3.05, 3.63) is 35.9 Å². The Balaban J connectivity index is 2.04. The SMILES string of the molecule is COC1CN(Cc2ccccc2)C(OC)CN1Br. The van der Waals surface area contributed by atoms with E-state index in [9.17, 15) is 0 Å². The van der Waals surface area contributed by atoms with Gasteiger partial charge in [-0.25, -0.2) is 3.93 Å². The molecule has 100 valence electrons. The van der Waals surface area contributed by atoms with Crippen LogP contribution in [0.5, 0.6) is 0 Å². The van der Waals surface area contributed by atoms with Crippen LogP contribution in [0.1, 0.15) is 5.56 Å². The molecule has 2 unspecified atom stereocenters. The lowest BCUT2D eigenvalue weighted by molar-refractivity contribution is -0.130. The highest BCUT2D eigenvalue weighted by Crippen LogP contribution is 2.21. The molecular weight excluding hydrogens is 296 g/mol. The third kappa shape index (κ3) is 3.30. The summed E-state index contributed by atoms with van der Waals surface area (Å²) in [5, 5.41) is 0. The minimum absolute atomic E-state index is 0.0557. The van der Waals surface area contributed by atoms with Crippen LogP contribution in [0.4, 0.5) is 0 Å². The number of benzene rings is 1. The van der Waals surface area contributed by atoms with Gasteiger partial charge in [0.1, 0.15) is 12.5 Å². The van der Waals surface area contributed by atoms with E-state index >= 15 is 0 Å². The van der Waals surface area contributed by atoms with E-state index in [0.717, 1.165) is 19.6 Å². The van der Waals surface area contributed by atoms with Crippen LogP contribution in [0.25, 0.3) is 0 Å². The van der Waals surface area contributed by atoms with Gasteiger partial charge in [-0.1, -0.05) is 30.3 Å². The number of methoxy groups -OCH3 is 2. The Labute approximate surface area is 117 Å².